The van der Waals surface area contributed by atoms with Crippen LogP contribution in [0.3, 0.4) is 0 Å². The molecule has 3 nitrogen and oxygen atoms in total. The highest BCUT2D eigenvalue weighted by Gasteiger charge is 2.49. The third-order valence-electron chi connectivity index (χ3n) is 5.09. The van der Waals surface area contributed by atoms with E-state index in [1.54, 1.807) is 0 Å². The first-order chi connectivity index (χ1) is 9.36. The highest BCUT2D eigenvalue weighted by atomic mass is 16.5. The van der Waals surface area contributed by atoms with Crippen LogP contribution >= 0.6 is 0 Å². The van der Waals surface area contributed by atoms with Crippen LogP contribution in [-0.4, -0.2) is 41.3 Å². The highest BCUT2D eigenvalue weighted by Crippen LogP contribution is 2.42. The molecule has 1 heterocycles. The number of rotatable bonds is 5. The Labute approximate surface area is 125 Å². The molecule has 1 aliphatic carbocycles. The van der Waals surface area contributed by atoms with Crippen LogP contribution in [0.25, 0.3) is 0 Å². The second-order valence-electron chi connectivity index (χ2n) is 7.86. The van der Waals surface area contributed by atoms with Gasteiger partial charge in [-0.1, -0.05) is 19.3 Å². The monoisotopic (exact) mass is 282 g/mol. The zero-order valence-electron chi connectivity index (χ0n) is 14.0. The summed E-state index contributed by atoms with van der Waals surface area (Å²) in [5.41, 5.74) is 5.73. The molecule has 1 aliphatic heterocycles. The number of nitrogens with two attached hydrogens (primary N) is 1. The second-order valence-corrected chi connectivity index (χ2v) is 7.86. The molecule has 118 valence electrons. The van der Waals surface area contributed by atoms with Crippen LogP contribution in [0.4, 0.5) is 0 Å². The molecule has 2 fully saturated rings. The molecule has 0 bridgehead atoms. The molecule has 1 saturated heterocycles. The first-order valence-electron chi connectivity index (χ1n) is 8.52. The molecular weight excluding hydrogens is 248 g/mol. The van der Waals surface area contributed by atoms with Crippen LogP contribution in [0.15, 0.2) is 0 Å². The van der Waals surface area contributed by atoms with Crippen LogP contribution in [0, 0.1) is 0 Å². The molecule has 0 aromatic heterocycles. The quantitative estimate of drug-likeness (QED) is 0.840. The van der Waals surface area contributed by atoms with Gasteiger partial charge >= 0.3 is 0 Å². The molecule has 2 aliphatic rings. The van der Waals surface area contributed by atoms with Crippen LogP contribution < -0.4 is 5.73 Å². The Kier molecular flexibility index (Phi) is 5.14. The minimum absolute atomic E-state index is 0.00377. The molecule has 0 aromatic rings. The topological polar surface area (TPSA) is 38.5 Å². The average Bonchev–Trinajstić information content (AvgIpc) is 2.59. The molecular formula is C17H34N2O. The zero-order valence-corrected chi connectivity index (χ0v) is 14.0. The lowest BCUT2D eigenvalue weighted by Crippen LogP contribution is -2.52. The van der Waals surface area contributed by atoms with Crippen molar-refractivity contribution in [2.24, 2.45) is 5.73 Å². The number of hydrogen-bond donors (Lipinski definition) is 1. The molecule has 20 heavy (non-hydrogen) atoms. The van der Waals surface area contributed by atoms with Gasteiger partial charge in [0.15, 0.2) is 0 Å². The van der Waals surface area contributed by atoms with Gasteiger partial charge in [0, 0.05) is 18.6 Å². The van der Waals surface area contributed by atoms with E-state index in [1.807, 2.05) is 0 Å². The summed E-state index contributed by atoms with van der Waals surface area (Å²) >= 11 is 0. The molecule has 0 radical (unpaired) electrons. The molecule has 0 amide bonds. The van der Waals surface area contributed by atoms with Crippen molar-refractivity contribution in [1.82, 2.24) is 4.90 Å². The van der Waals surface area contributed by atoms with E-state index >= 15 is 0 Å². The Hall–Kier alpha value is -0.120. The molecule has 2 N–H and O–H groups in total. The largest absolute Gasteiger partial charge is 0.368 e. The summed E-state index contributed by atoms with van der Waals surface area (Å²) in [6.07, 6.45) is 9.15. The van der Waals surface area contributed by atoms with Gasteiger partial charge in [0.05, 0.1) is 11.2 Å². The molecule has 1 saturated carbocycles. The van der Waals surface area contributed by atoms with E-state index in [2.05, 4.69) is 32.6 Å². The van der Waals surface area contributed by atoms with Gasteiger partial charge in [0.1, 0.15) is 0 Å². The first kappa shape index (κ1) is 16.3. The number of ether oxygens (including phenoxy) is 1. The lowest BCUT2D eigenvalue weighted by molar-refractivity contribution is -0.0856. The standard InChI is InChI=1S/C17H34N2O/c1-16(2)13-15(17(3,4)20-16)19(12-8-11-18)14-9-6-5-7-10-14/h14-15H,5-13,18H2,1-4H3. The van der Waals surface area contributed by atoms with Crippen molar-refractivity contribution in [2.75, 3.05) is 13.1 Å². The van der Waals surface area contributed by atoms with Crippen LogP contribution in [0.1, 0.15) is 72.6 Å². The van der Waals surface area contributed by atoms with Crippen molar-refractivity contribution in [1.29, 1.82) is 0 Å². The van der Waals surface area contributed by atoms with Crippen molar-refractivity contribution in [3.63, 3.8) is 0 Å². The lowest BCUT2D eigenvalue weighted by Gasteiger charge is -2.43. The van der Waals surface area contributed by atoms with E-state index < -0.39 is 0 Å². The summed E-state index contributed by atoms with van der Waals surface area (Å²) in [6.45, 7) is 10.9. The summed E-state index contributed by atoms with van der Waals surface area (Å²) in [6, 6.07) is 1.28. The van der Waals surface area contributed by atoms with Gasteiger partial charge in [0.25, 0.3) is 0 Å². The maximum Gasteiger partial charge on any atom is 0.0789 e. The van der Waals surface area contributed by atoms with Gasteiger partial charge in [0.2, 0.25) is 0 Å². The second kappa shape index (κ2) is 6.33. The zero-order chi connectivity index (χ0) is 14.8. The van der Waals surface area contributed by atoms with E-state index in [0.29, 0.717) is 6.04 Å². The van der Waals surface area contributed by atoms with Crippen molar-refractivity contribution in [3.8, 4) is 0 Å². The molecule has 0 spiro atoms. The van der Waals surface area contributed by atoms with Crippen LogP contribution in [0.5, 0.6) is 0 Å². The summed E-state index contributed by atoms with van der Waals surface area (Å²) in [7, 11) is 0. The van der Waals surface area contributed by atoms with Gasteiger partial charge < -0.3 is 10.5 Å². The Bertz CT molecular complexity index is 308. The lowest BCUT2D eigenvalue weighted by atomic mass is 9.87. The van der Waals surface area contributed by atoms with Crippen molar-refractivity contribution >= 4 is 0 Å². The van der Waals surface area contributed by atoms with Crippen molar-refractivity contribution in [3.05, 3.63) is 0 Å². The average molecular weight is 282 g/mol. The van der Waals surface area contributed by atoms with E-state index in [0.717, 1.165) is 32.0 Å². The van der Waals surface area contributed by atoms with Crippen LogP contribution in [-0.2, 0) is 4.74 Å². The van der Waals surface area contributed by atoms with E-state index in [1.165, 1.54) is 32.1 Å². The Morgan fingerprint density at radius 1 is 1.10 bits per heavy atom. The molecule has 2 rings (SSSR count). The molecule has 3 heteroatoms. The van der Waals surface area contributed by atoms with Gasteiger partial charge in [-0.25, -0.2) is 0 Å². The Balaban J connectivity index is 2.12. The maximum atomic E-state index is 6.33. The minimum Gasteiger partial charge on any atom is -0.368 e. The normalized spacial score (nSPS) is 30.0. The van der Waals surface area contributed by atoms with Gasteiger partial charge in [-0.15, -0.1) is 0 Å². The highest BCUT2D eigenvalue weighted by molar-refractivity contribution is 5.01. The Morgan fingerprint density at radius 2 is 1.75 bits per heavy atom. The summed E-state index contributed by atoms with van der Waals surface area (Å²) < 4.78 is 6.33. The fourth-order valence-corrected chi connectivity index (χ4v) is 4.33. The third-order valence-corrected chi connectivity index (χ3v) is 5.09. The fraction of sp³-hybridized carbons (Fsp3) is 1.00. The minimum atomic E-state index is -0.0461. The number of nitrogens with zero attached hydrogens (tertiary/aromatic N) is 1. The molecule has 1 atom stereocenters. The van der Waals surface area contributed by atoms with E-state index in [4.69, 9.17) is 10.5 Å². The van der Waals surface area contributed by atoms with E-state index in [9.17, 15) is 0 Å². The van der Waals surface area contributed by atoms with Crippen molar-refractivity contribution in [2.45, 2.75) is 95.9 Å². The fourth-order valence-electron chi connectivity index (χ4n) is 4.33. The van der Waals surface area contributed by atoms with Crippen LogP contribution in [0.2, 0.25) is 0 Å². The van der Waals surface area contributed by atoms with Crippen molar-refractivity contribution < 1.29 is 4.74 Å². The summed E-state index contributed by atoms with van der Waals surface area (Å²) in [5, 5.41) is 0. The Morgan fingerprint density at radius 3 is 2.25 bits per heavy atom. The van der Waals surface area contributed by atoms with Gasteiger partial charge in [-0.05, 0) is 59.9 Å². The predicted molar refractivity (Wildman–Crippen MR) is 84.9 cm³/mol. The maximum absolute atomic E-state index is 6.33. The number of hydrogen-bond acceptors (Lipinski definition) is 3. The summed E-state index contributed by atoms with van der Waals surface area (Å²) in [5.74, 6) is 0. The van der Waals surface area contributed by atoms with E-state index in [-0.39, 0.29) is 11.2 Å². The van der Waals surface area contributed by atoms with Gasteiger partial charge in [-0.3, -0.25) is 4.90 Å². The molecule has 0 aromatic carbocycles. The first-order valence-corrected chi connectivity index (χ1v) is 8.52. The smallest absolute Gasteiger partial charge is 0.0789 e. The molecule has 1 unspecified atom stereocenters. The predicted octanol–water partition coefficient (Wildman–Crippen LogP) is 3.32. The summed E-state index contributed by atoms with van der Waals surface area (Å²) in [4.78, 5) is 2.75. The SMILES string of the molecule is CC1(C)CC(N(CCCN)C2CCCCC2)C(C)(C)O1. The third kappa shape index (κ3) is 3.75. The van der Waals surface area contributed by atoms with Gasteiger partial charge in [-0.2, -0.15) is 0 Å².